The van der Waals surface area contributed by atoms with Crippen molar-refractivity contribution in [3.63, 3.8) is 0 Å². The lowest BCUT2D eigenvalue weighted by molar-refractivity contribution is -0.383. The number of rotatable bonds is 5. The highest BCUT2D eigenvalue weighted by atomic mass is 32.2. The van der Waals surface area contributed by atoms with Crippen LogP contribution in [0.4, 0.5) is 16.5 Å². The average Bonchev–Trinajstić information content (AvgIpc) is 3.24. The van der Waals surface area contributed by atoms with Crippen molar-refractivity contribution in [2.75, 3.05) is 12.4 Å². The van der Waals surface area contributed by atoms with Crippen LogP contribution in [0.25, 0.3) is 10.2 Å². The van der Waals surface area contributed by atoms with E-state index >= 15 is 0 Å². The molecule has 4 rings (SSSR count). The third-order valence-corrected chi connectivity index (χ3v) is 6.52. The van der Waals surface area contributed by atoms with Gasteiger partial charge in [0.15, 0.2) is 5.17 Å². The van der Waals surface area contributed by atoms with Crippen LogP contribution in [-0.2, 0) is 9.59 Å². The Bertz CT molecular complexity index is 1160. The molecular weight excluding hydrogens is 426 g/mol. The highest BCUT2D eigenvalue weighted by molar-refractivity contribution is 8.15. The fourth-order valence-corrected chi connectivity index (χ4v) is 4.93. The number of para-hydroxylation sites is 3. The molecule has 11 heteroatoms. The normalized spacial score (nSPS) is 17.6. The number of thioether (sulfide) groups is 1. The molecule has 9 nitrogen and oxygen atoms in total. The molecule has 1 fully saturated rings. The van der Waals surface area contributed by atoms with Crippen molar-refractivity contribution < 1.29 is 14.5 Å². The summed E-state index contributed by atoms with van der Waals surface area (Å²) >= 11 is 2.59. The van der Waals surface area contributed by atoms with Gasteiger partial charge in [-0.1, -0.05) is 47.4 Å². The highest BCUT2D eigenvalue weighted by Crippen LogP contribution is 2.34. The number of carbonyl (C=O) groups is 2. The van der Waals surface area contributed by atoms with Crippen LogP contribution >= 0.6 is 23.1 Å². The molecule has 1 aliphatic rings. The summed E-state index contributed by atoms with van der Waals surface area (Å²) in [7, 11) is 1.60. The number of amides is 2. The second kappa shape index (κ2) is 8.20. The predicted molar refractivity (Wildman–Crippen MR) is 117 cm³/mol. The molecule has 1 saturated heterocycles. The zero-order valence-electron chi connectivity index (χ0n) is 15.6. The molecule has 3 aromatic rings. The zero-order chi connectivity index (χ0) is 21.3. The first-order valence-corrected chi connectivity index (χ1v) is 10.5. The van der Waals surface area contributed by atoms with E-state index in [9.17, 15) is 19.7 Å². The number of nitro groups is 1. The SMILES string of the molecule is CN1C(=O)C(CC(=O)Nc2ccccc2[N+](=O)[O-])SC1=Nc1nc2ccccc2s1. The molecule has 30 heavy (non-hydrogen) atoms. The molecule has 152 valence electrons. The van der Waals surface area contributed by atoms with Gasteiger partial charge in [-0.05, 0) is 18.2 Å². The molecule has 1 aromatic heterocycles. The van der Waals surface area contributed by atoms with Gasteiger partial charge in [-0.15, -0.1) is 0 Å². The predicted octanol–water partition coefficient (Wildman–Crippen LogP) is 3.79. The number of anilines is 1. The van der Waals surface area contributed by atoms with Gasteiger partial charge in [0.25, 0.3) is 5.69 Å². The van der Waals surface area contributed by atoms with Crippen molar-refractivity contribution in [1.29, 1.82) is 0 Å². The van der Waals surface area contributed by atoms with E-state index in [1.807, 2.05) is 24.3 Å². The Morgan fingerprint density at radius 3 is 2.77 bits per heavy atom. The maximum absolute atomic E-state index is 12.6. The number of carbonyl (C=O) groups excluding carboxylic acids is 2. The summed E-state index contributed by atoms with van der Waals surface area (Å²) in [5, 5.41) is 13.9. The smallest absolute Gasteiger partial charge is 0.292 e. The number of aliphatic imine (C=N–C) groups is 1. The molecule has 0 saturated carbocycles. The van der Waals surface area contributed by atoms with E-state index in [1.54, 1.807) is 13.1 Å². The van der Waals surface area contributed by atoms with Gasteiger partial charge in [-0.2, -0.15) is 4.99 Å². The molecule has 2 heterocycles. The molecule has 0 bridgehead atoms. The quantitative estimate of drug-likeness (QED) is 0.475. The van der Waals surface area contributed by atoms with Crippen molar-refractivity contribution in [2.45, 2.75) is 11.7 Å². The average molecular weight is 441 g/mol. The first kappa shape index (κ1) is 20.0. The van der Waals surface area contributed by atoms with Crippen molar-refractivity contribution in [1.82, 2.24) is 9.88 Å². The number of hydrogen-bond acceptors (Lipinski definition) is 8. The molecule has 1 N–H and O–H groups in total. The summed E-state index contributed by atoms with van der Waals surface area (Å²) in [6, 6.07) is 13.5. The van der Waals surface area contributed by atoms with Gasteiger partial charge in [-0.3, -0.25) is 24.6 Å². The van der Waals surface area contributed by atoms with Crippen LogP contribution in [0.2, 0.25) is 0 Å². The largest absolute Gasteiger partial charge is 0.320 e. The molecule has 2 amide bonds. The fraction of sp³-hybridized carbons (Fsp3) is 0.158. The first-order chi connectivity index (χ1) is 14.4. The summed E-state index contributed by atoms with van der Waals surface area (Å²) in [5.41, 5.74) is 0.727. The van der Waals surface area contributed by atoms with Crippen molar-refractivity contribution in [3.8, 4) is 0 Å². The minimum absolute atomic E-state index is 0.0969. The number of thiazole rings is 1. The third-order valence-electron chi connectivity index (χ3n) is 4.36. The van der Waals surface area contributed by atoms with E-state index in [0.29, 0.717) is 10.3 Å². The number of fused-ring (bicyclic) bond motifs is 1. The summed E-state index contributed by atoms with van der Waals surface area (Å²) in [6.07, 6.45) is -0.126. The molecule has 0 radical (unpaired) electrons. The maximum atomic E-state index is 12.6. The molecular formula is C19H15N5O4S2. The van der Waals surface area contributed by atoms with Gasteiger partial charge in [0.2, 0.25) is 16.9 Å². The van der Waals surface area contributed by atoms with E-state index in [0.717, 1.165) is 10.2 Å². The number of amidine groups is 1. The number of nitro benzene ring substituents is 1. The van der Waals surface area contributed by atoms with Crippen molar-refractivity contribution in [3.05, 3.63) is 58.6 Å². The summed E-state index contributed by atoms with van der Waals surface area (Å²) in [5.74, 6) is -0.734. The maximum Gasteiger partial charge on any atom is 0.292 e. The monoisotopic (exact) mass is 441 g/mol. The van der Waals surface area contributed by atoms with Crippen LogP contribution < -0.4 is 5.32 Å². The van der Waals surface area contributed by atoms with E-state index < -0.39 is 16.1 Å². The lowest BCUT2D eigenvalue weighted by atomic mass is 10.2. The number of nitrogens with one attached hydrogen (secondary N) is 1. The first-order valence-electron chi connectivity index (χ1n) is 8.84. The minimum atomic E-state index is -0.661. The molecule has 2 aromatic carbocycles. The Labute approximate surface area is 179 Å². The van der Waals surface area contributed by atoms with Crippen LogP contribution in [0.1, 0.15) is 6.42 Å². The van der Waals surface area contributed by atoms with Gasteiger partial charge in [0, 0.05) is 19.5 Å². The van der Waals surface area contributed by atoms with E-state index in [-0.39, 0.29) is 23.7 Å². The molecule has 1 unspecified atom stereocenters. The molecule has 0 aliphatic carbocycles. The van der Waals surface area contributed by atoms with Crippen molar-refractivity contribution in [2.24, 2.45) is 4.99 Å². The standard InChI is InChI=1S/C19H15N5O4S2/c1-23-17(26)15(10-16(25)20-11-6-2-4-8-13(11)24(27)28)30-19(23)22-18-21-12-7-3-5-9-14(12)29-18/h2-9,15H,10H2,1H3,(H,20,25). The van der Waals surface area contributed by atoms with Crippen LogP contribution in [0.15, 0.2) is 53.5 Å². The van der Waals surface area contributed by atoms with E-state index in [2.05, 4.69) is 15.3 Å². The second-order valence-electron chi connectivity index (χ2n) is 6.39. The van der Waals surface area contributed by atoms with Crippen LogP contribution in [-0.4, -0.2) is 44.1 Å². The highest BCUT2D eigenvalue weighted by Gasteiger charge is 2.37. The van der Waals surface area contributed by atoms with Gasteiger partial charge in [0.1, 0.15) is 10.9 Å². The molecule has 1 atom stereocenters. The van der Waals surface area contributed by atoms with Crippen LogP contribution in [0.3, 0.4) is 0 Å². The van der Waals surface area contributed by atoms with Crippen LogP contribution in [0, 0.1) is 10.1 Å². The Kier molecular flexibility index (Phi) is 5.46. The van der Waals surface area contributed by atoms with Gasteiger partial charge in [0.05, 0.1) is 15.1 Å². The Morgan fingerprint density at radius 2 is 2.00 bits per heavy atom. The van der Waals surface area contributed by atoms with E-state index in [4.69, 9.17) is 0 Å². The number of nitrogens with zero attached hydrogens (tertiary/aromatic N) is 4. The number of aromatic nitrogens is 1. The summed E-state index contributed by atoms with van der Waals surface area (Å²) in [4.78, 5) is 45.8. The Hall–Kier alpha value is -3.31. The molecule has 0 spiro atoms. The minimum Gasteiger partial charge on any atom is -0.320 e. The van der Waals surface area contributed by atoms with Gasteiger partial charge >= 0.3 is 0 Å². The number of benzene rings is 2. The lowest BCUT2D eigenvalue weighted by Gasteiger charge is -2.09. The Balaban J connectivity index is 1.47. The van der Waals surface area contributed by atoms with Crippen molar-refractivity contribution >= 4 is 66.8 Å². The summed E-state index contributed by atoms with van der Waals surface area (Å²) < 4.78 is 0.995. The summed E-state index contributed by atoms with van der Waals surface area (Å²) in [6.45, 7) is 0. The third kappa shape index (κ3) is 4.02. The zero-order valence-corrected chi connectivity index (χ0v) is 17.3. The number of hydrogen-bond donors (Lipinski definition) is 1. The Morgan fingerprint density at radius 1 is 1.27 bits per heavy atom. The van der Waals surface area contributed by atoms with Crippen LogP contribution in [0.5, 0.6) is 0 Å². The van der Waals surface area contributed by atoms with E-state index in [1.165, 1.54) is 46.2 Å². The lowest BCUT2D eigenvalue weighted by Crippen LogP contribution is -2.30. The second-order valence-corrected chi connectivity index (χ2v) is 8.57. The molecule has 1 aliphatic heterocycles. The van der Waals surface area contributed by atoms with Gasteiger partial charge < -0.3 is 5.32 Å². The topological polar surface area (TPSA) is 118 Å². The van der Waals surface area contributed by atoms with Gasteiger partial charge in [-0.25, -0.2) is 4.98 Å². The fourth-order valence-electron chi connectivity index (χ4n) is 2.90.